The smallest absolute Gasteiger partial charge is 0.339 e. The second-order valence-corrected chi connectivity index (χ2v) is 3.73. The van der Waals surface area contributed by atoms with Gasteiger partial charge in [-0.3, -0.25) is 0 Å². The molecule has 1 aromatic rings. The average molecular weight is 235 g/mol. The Morgan fingerprint density at radius 3 is 2.18 bits per heavy atom. The number of nitrogens with zero attached hydrogens (tertiary/aromatic N) is 1. The molecule has 0 saturated heterocycles. The topological polar surface area (TPSA) is 38.8 Å². The summed E-state index contributed by atoms with van der Waals surface area (Å²) in [6.07, 6.45) is 1.73. The first-order chi connectivity index (χ1) is 8.08. The first-order valence-corrected chi connectivity index (χ1v) is 5.19. The Balaban J connectivity index is 3.09. The Bertz CT molecular complexity index is 407. The zero-order chi connectivity index (χ0) is 12.8. The van der Waals surface area contributed by atoms with E-state index in [-0.39, 0.29) is 5.97 Å². The molecule has 0 aliphatic carbocycles. The third-order valence-electron chi connectivity index (χ3n) is 2.19. The van der Waals surface area contributed by atoms with Gasteiger partial charge in [0.25, 0.3) is 0 Å². The molecule has 1 rings (SSSR count). The Hall–Kier alpha value is -1.97. The number of hydrogen-bond acceptors (Lipinski definition) is 4. The fourth-order valence-electron chi connectivity index (χ4n) is 1.38. The van der Waals surface area contributed by atoms with Gasteiger partial charge < -0.3 is 14.4 Å². The monoisotopic (exact) mass is 235 g/mol. The van der Waals surface area contributed by atoms with Gasteiger partial charge in [-0.1, -0.05) is 12.1 Å². The van der Waals surface area contributed by atoms with Crippen LogP contribution in [0.25, 0.3) is 5.57 Å². The molecule has 17 heavy (non-hydrogen) atoms. The molecule has 4 heteroatoms. The van der Waals surface area contributed by atoms with Crippen LogP contribution in [0.2, 0.25) is 0 Å². The average Bonchev–Trinajstić information content (AvgIpc) is 2.35. The van der Waals surface area contributed by atoms with E-state index >= 15 is 0 Å². The van der Waals surface area contributed by atoms with Crippen LogP contribution >= 0.6 is 0 Å². The van der Waals surface area contributed by atoms with Crippen LogP contribution in [0, 0.1) is 0 Å². The van der Waals surface area contributed by atoms with Gasteiger partial charge in [0.2, 0.25) is 0 Å². The van der Waals surface area contributed by atoms with Crippen molar-refractivity contribution >= 4 is 11.5 Å². The summed E-state index contributed by atoms with van der Waals surface area (Å²) in [5.41, 5.74) is 1.31. The highest BCUT2D eigenvalue weighted by Gasteiger charge is 2.12. The van der Waals surface area contributed by atoms with Crippen LogP contribution < -0.4 is 4.74 Å². The van der Waals surface area contributed by atoms with Crippen LogP contribution in [0.3, 0.4) is 0 Å². The minimum atomic E-state index is -0.358. The van der Waals surface area contributed by atoms with Crippen molar-refractivity contribution in [3.05, 3.63) is 36.0 Å². The lowest BCUT2D eigenvalue weighted by atomic mass is 10.1. The largest absolute Gasteiger partial charge is 0.497 e. The van der Waals surface area contributed by atoms with Crippen LogP contribution in [0.5, 0.6) is 5.75 Å². The summed E-state index contributed by atoms with van der Waals surface area (Å²) in [5.74, 6) is 0.395. The lowest BCUT2D eigenvalue weighted by Gasteiger charge is -2.11. The summed E-state index contributed by atoms with van der Waals surface area (Å²) in [7, 11) is 6.68. The van der Waals surface area contributed by atoms with E-state index in [0.29, 0.717) is 5.57 Å². The SMILES string of the molecule is COC(=O)/C(=C/N(C)C)c1ccc(OC)cc1. The van der Waals surface area contributed by atoms with Crippen molar-refractivity contribution in [2.75, 3.05) is 28.3 Å². The first kappa shape index (κ1) is 13.1. The molecule has 0 unspecified atom stereocenters. The zero-order valence-electron chi connectivity index (χ0n) is 10.6. The van der Waals surface area contributed by atoms with Crippen LogP contribution in [-0.2, 0) is 9.53 Å². The van der Waals surface area contributed by atoms with E-state index in [1.54, 1.807) is 18.2 Å². The Morgan fingerprint density at radius 2 is 1.76 bits per heavy atom. The van der Waals surface area contributed by atoms with E-state index in [1.807, 2.05) is 38.4 Å². The Labute approximate surface area is 101 Å². The highest BCUT2D eigenvalue weighted by molar-refractivity contribution is 6.16. The molecule has 0 amide bonds. The Kier molecular flexibility index (Phi) is 4.57. The number of carbonyl (C=O) groups is 1. The molecule has 0 saturated carbocycles. The molecular weight excluding hydrogens is 218 g/mol. The molecule has 0 heterocycles. The van der Waals surface area contributed by atoms with Crippen molar-refractivity contribution in [3.8, 4) is 5.75 Å². The molecule has 4 nitrogen and oxygen atoms in total. The number of rotatable bonds is 4. The van der Waals surface area contributed by atoms with Gasteiger partial charge in [-0.2, -0.15) is 0 Å². The molecule has 0 fully saturated rings. The number of ether oxygens (including phenoxy) is 2. The molecule has 0 aromatic heterocycles. The molecule has 0 aliphatic rings. The maximum absolute atomic E-state index is 11.7. The van der Waals surface area contributed by atoms with Crippen molar-refractivity contribution < 1.29 is 14.3 Å². The summed E-state index contributed by atoms with van der Waals surface area (Å²) >= 11 is 0. The van der Waals surface area contributed by atoms with Gasteiger partial charge in [0.15, 0.2) is 0 Å². The van der Waals surface area contributed by atoms with Crippen LogP contribution in [0.15, 0.2) is 30.5 Å². The molecule has 0 aliphatic heterocycles. The number of carbonyl (C=O) groups excluding carboxylic acids is 1. The second-order valence-electron chi connectivity index (χ2n) is 3.73. The first-order valence-electron chi connectivity index (χ1n) is 5.19. The minimum Gasteiger partial charge on any atom is -0.497 e. The minimum absolute atomic E-state index is 0.358. The quantitative estimate of drug-likeness (QED) is 0.589. The van der Waals surface area contributed by atoms with E-state index in [1.165, 1.54) is 7.11 Å². The van der Waals surface area contributed by atoms with Gasteiger partial charge >= 0.3 is 5.97 Å². The van der Waals surface area contributed by atoms with E-state index < -0.39 is 0 Å². The Morgan fingerprint density at radius 1 is 1.18 bits per heavy atom. The fraction of sp³-hybridized carbons (Fsp3) is 0.308. The van der Waals surface area contributed by atoms with Crippen LogP contribution in [-0.4, -0.2) is 39.2 Å². The van der Waals surface area contributed by atoms with Gasteiger partial charge in [-0.25, -0.2) is 4.79 Å². The second kappa shape index (κ2) is 5.94. The molecule has 0 atom stereocenters. The van der Waals surface area contributed by atoms with Crippen LogP contribution in [0.1, 0.15) is 5.56 Å². The standard InChI is InChI=1S/C13H17NO3/c1-14(2)9-12(13(15)17-4)10-5-7-11(16-3)8-6-10/h5-9H,1-4H3/b12-9+. The summed E-state index contributed by atoms with van der Waals surface area (Å²) in [6.45, 7) is 0. The summed E-state index contributed by atoms with van der Waals surface area (Å²) < 4.78 is 9.83. The van der Waals surface area contributed by atoms with Crippen molar-refractivity contribution in [2.24, 2.45) is 0 Å². The number of methoxy groups -OCH3 is 2. The lowest BCUT2D eigenvalue weighted by Crippen LogP contribution is -2.10. The molecule has 1 aromatic carbocycles. The predicted molar refractivity (Wildman–Crippen MR) is 66.7 cm³/mol. The van der Waals surface area contributed by atoms with E-state index in [0.717, 1.165) is 11.3 Å². The van der Waals surface area contributed by atoms with E-state index in [2.05, 4.69) is 0 Å². The maximum Gasteiger partial charge on any atom is 0.339 e. The number of hydrogen-bond donors (Lipinski definition) is 0. The van der Waals surface area contributed by atoms with Gasteiger partial charge in [-0.15, -0.1) is 0 Å². The normalized spacial score (nSPS) is 10.9. The van der Waals surface area contributed by atoms with Gasteiger partial charge in [0.1, 0.15) is 5.75 Å². The summed E-state index contributed by atoms with van der Waals surface area (Å²) in [5, 5.41) is 0. The highest BCUT2D eigenvalue weighted by atomic mass is 16.5. The number of esters is 1. The number of benzene rings is 1. The third-order valence-corrected chi connectivity index (χ3v) is 2.19. The molecule has 0 bridgehead atoms. The molecule has 0 radical (unpaired) electrons. The molecular formula is C13H17NO3. The van der Waals surface area contributed by atoms with Gasteiger partial charge in [0.05, 0.1) is 19.8 Å². The third kappa shape index (κ3) is 3.52. The molecule has 0 spiro atoms. The molecule has 0 N–H and O–H groups in total. The van der Waals surface area contributed by atoms with Crippen molar-refractivity contribution in [1.82, 2.24) is 4.90 Å². The van der Waals surface area contributed by atoms with Gasteiger partial charge in [0, 0.05) is 20.3 Å². The maximum atomic E-state index is 11.7. The zero-order valence-corrected chi connectivity index (χ0v) is 10.6. The summed E-state index contributed by atoms with van der Waals surface area (Å²) in [4.78, 5) is 13.5. The van der Waals surface area contributed by atoms with E-state index in [4.69, 9.17) is 9.47 Å². The predicted octanol–water partition coefficient (Wildman–Crippen LogP) is 1.77. The van der Waals surface area contributed by atoms with Crippen molar-refractivity contribution in [2.45, 2.75) is 0 Å². The highest BCUT2D eigenvalue weighted by Crippen LogP contribution is 2.19. The molecule has 92 valence electrons. The van der Waals surface area contributed by atoms with Crippen LogP contribution in [0.4, 0.5) is 0 Å². The van der Waals surface area contributed by atoms with Crippen molar-refractivity contribution in [3.63, 3.8) is 0 Å². The van der Waals surface area contributed by atoms with E-state index in [9.17, 15) is 4.79 Å². The fourth-order valence-corrected chi connectivity index (χ4v) is 1.38. The summed E-state index contributed by atoms with van der Waals surface area (Å²) in [6, 6.07) is 7.26. The van der Waals surface area contributed by atoms with Gasteiger partial charge in [-0.05, 0) is 17.7 Å². The van der Waals surface area contributed by atoms with Crippen molar-refractivity contribution in [1.29, 1.82) is 0 Å². The lowest BCUT2D eigenvalue weighted by molar-refractivity contribution is -0.133.